The molecule has 0 saturated heterocycles. The standard InChI is InChI=1S/C11H9NO3/c1-15-11(14)8-4-2-3-7-5-10(13)12-6-9(7)8/h2-6H,1H3,(H,12,13). The number of rotatable bonds is 1. The van der Waals surface area contributed by atoms with E-state index in [4.69, 9.17) is 0 Å². The second kappa shape index (κ2) is 3.57. The zero-order valence-corrected chi connectivity index (χ0v) is 8.11. The van der Waals surface area contributed by atoms with E-state index in [-0.39, 0.29) is 5.56 Å². The van der Waals surface area contributed by atoms with Gasteiger partial charge >= 0.3 is 5.97 Å². The Kier molecular flexibility index (Phi) is 2.25. The van der Waals surface area contributed by atoms with Crippen LogP contribution in [0, 0.1) is 0 Å². The molecule has 76 valence electrons. The average molecular weight is 203 g/mol. The minimum atomic E-state index is -0.410. The van der Waals surface area contributed by atoms with Crippen LogP contribution < -0.4 is 5.56 Å². The number of pyridine rings is 1. The lowest BCUT2D eigenvalue weighted by Crippen LogP contribution is -2.06. The van der Waals surface area contributed by atoms with E-state index in [2.05, 4.69) is 9.72 Å². The van der Waals surface area contributed by atoms with Crippen LogP contribution in [0.1, 0.15) is 10.4 Å². The van der Waals surface area contributed by atoms with Gasteiger partial charge in [-0.2, -0.15) is 0 Å². The molecule has 0 spiro atoms. The highest BCUT2D eigenvalue weighted by molar-refractivity contribution is 6.03. The van der Waals surface area contributed by atoms with Crippen LogP contribution in [0.3, 0.4) is 0 Å². The smallest absolute Gasteiger partial charge is 0.338 e. The van der Waals surface area contributed by atoms with Gasteiger partial charge in [-0.1, -0.05) is 12.1 Å². The topological polar surface area (TPSA) is 59.2 Å². The summed E-state index contributed by atoms with van der Waals surface area (Å²) in [6, 6.07) is 6.60. The molecule has 0 aliphatic heterocycles. The Balaban J connectivity index is 2.76. The summed E-state index contributed by atoms with van der Waals surface area (Å²) in [4.78, 5) is 25.0. The average Bonchev–Trinajstić information content (AvgIpc) is 2.26. The molecule has 0 fully saturated rings. The van der Waals surface area contributed by atoms with Crippen molar-refractivity contribution in [2.24, 2.45) is 0 Å². The van der Waals surface area contributed by atoms with Crippen molar-refractivity contribution in [1.29, 1.82) is 0 Å². The van der Waals surface area contributed by atoms with Gasteiger partial charge in [-0.05, 0) is 11.5 Å². The lowest BCUT2D eigenvalue weighted by molar-refractivity contribution is 0.0603. The van der Waals surface area contributed by atoms with Crippen LogP contribution in [-0.4, -0.2) is 18.1 Å². The minimum Gasteiger partial charge on any atom is -0.465 e. The van der Waals surface area contributed by atoms with Gasteiger partial charge in [0, 0.05) is 17.6 Å². The number of ether oxygens (including phenoxy) is 1. The van der Waals surface area contributed by atoms with Gasteiger partial charge in [-0.25, -0.2) is 4.79 Å². The molecule has 0 bridgehead atoms. The molecule has 1 N–H and O–H groups in total. The highest BCUT2D eigenvalue weighted by Gasteiger charge is 2.09. The van der Waals surface area contributed by atoms with Crippen LogP contribution in [0.25, 0.3) is 10.8 Å². The number of benzene rings is 1. The van der Waals surface area contributed by atoms with Crippen molar-refractivity contribution in [2.45, 2.75) is 0 Å². The predicted molar refractivity (Wildman–Crippen MR) is 55.9 cm³/mol. The first kappa shape index (κ1) is 9.45. The molecule has 0 saturated carbocycles. The first-order valence-corrected chi connectivity index (χ1v) is 4.42. The Labute approximate surface area is 85.5 Å². The molecular formula is C11H9NO3. The second-order valence-electron chi connectivity index (χ2n) is 3.10. The highest BCUT2D eigenvalue weighted by atomic mass is 16.5. The van der Waals surface area contributed by atoms with Crippen molar-refractivity contribution in [2.75, 3.05) is 7.11 Å². The molecule has 2 aromatic rings. The summed E-state index contributed by atoms with van der Waals surface area (Å²) in [6.45, 7) is 0. The van der Waals surface area contributed by atoms with Crippen LogP contribution in [0.5, 0.6) is 0 Å². The van der Waals surface area contributed by atoms with E-state index in [9.17, 15) is 9.59 Å². The SMILES string of the molecule is COC(=O)c1cccc2cc(=O)[nH]cc12. The highest BCUT2D eigenvalue weighted by Crippen LogP contribution is 2.16. The molecule has 2 rings (SSSR count). The first-order chi connectivity index (χ1) is 7.22. The molecule has 1 heterocycles. The van der Waals surface area contributed by atoms with E-state index in [1.165, 1.54) is 19.4 Å². The van der Waals surface area contributed by atoms with Crippen LogP contribution >= 0.6 is 0 Å². The molecule has 4 heteroatoms. The largest absolute Gasteiger partial charge is 0.465 e. The number of carbonyl (C=O) groups excluding carboxylic acids is 1. The monoisotopic (exact) mass is 203 g/mol. The molecule has 0 unspecified atom stereocenters. The van der Waals surface area contributed by atoms with Crippen molar-refractivity contribution in [3.63, 3.8) is 0 Å². The minimum absolute atomic E-state index is 0.190. The van der Waals surface area contributed by atoms with Gasteiger partial charge in [-0.3, -0.25) is 4.79 Å². The number of esters is 1. The lowest BCUT2D eigenvalue weighted by atomic mass is 10.1. The summed E-state index contributed by atoms with van der Waals surface area (Å²) in [6.07, 6.45) is 1.52. The Morgan fingerprint density at radius 1 is 1.40 bits per heavy atom. The Morgan fingerprint density at radius 2 is 2.20 bits per heavy atom. The van der Waals surface area contributed by atoms with Crippen molar-refractivity contribution in [3.05, 3.63) is 46.4 Å². The van der Waals surface area contributed by atoms with E-state index in [0.717, 1.165) is 5.39 Å². The summed E-state index contributed by atoms with van der Waals surface area (Å²) in [7, 11) is 1.33. The number of methoxy groups -OCH3 is 1. The number of aromatic nitrogens is 1. The first-order valence-electron chi connectivity index (χ1n) is 4.42. The quantitative estimate of drug-likeness (QED) is 0.711. The van der Waals surface area contributed by atoms with Crippen molar-refractivity contribution < 1.29 is 9.53 Å². The molecule has 0 radical (unpaired) electrons. The molecule has 0 amide bonds. The maximum atomic E-state index is 11.4. The summed E-state index contributed by atoms with van der Waals surface area (Å²) in [5.41, 5.74) is 0.260. The summed E-state index contributed by atoms with van der Waals surface area (Å²) < 4.78 is 4.64. The molecule has 0 aliphatic carbocycles. The number of fused-ring (bicyclic) bond motifs is 1. The number of H-pyrrole nitrogens is 1. The molecule has 1 aromatic heterocycles. The van der Waals surface area contributed by atoms with Gasteiger partial charge < -0.3 is 9.72 Å². The van der Waals surface area contributed by atoms with Crippen molar-refractivity contribution in [1.82, 2.24) is 4.98 Å². The zero-order valence-electron chi connectivity index (χ0n) is 8.11. The number of hydrogen-bond acceptors (Lipinski definition) is 3. The molecular weight excluding hydrogens is 194 g/mol. The van der Waals surface area contributed by atoms with Crippen LogP contribution in [0.4, 0.5) is 0 Å². The molecule has 0 atom stereocenters. The Morgan fingerprint density at radius 3 is 2.93 bits per heavy atom. The fourth-order valence-electron chi connectivity index (χ4n) is 1.48. The maximum absolute atomic E-state index is 11.4. The zero-order chi connectivity index (χ0) is 10.8. The number of hydrogen-bond donors (Lipinski definition) is 1. The summed E-state index contributed by atoms with van der Waals surface area (Å²) in [5, 5.41) is 1.41. The molecule has 4 nitrogen and oxygen atoms in total. The molecule has 1 aromatic carbocycles. The lowest BCUT2D eigenvalue weighted by Gasteiger charge is -2.03. The summed E-state index contributed by atoms with van der Waals surface area (Å²) >= 11 is 0. The third kappa shape index (κ3) is 1.61. The van der Waals surface area contributed by atoms with E-state index in [1.807, 2.05) is 0 Å². The van der Waals surface area contributed by atoms with Crippen LogP contribution in [0.2, 0.25) is 0 Å². The second-order valence-corrected chi connectivity index (χ2v) is 3.10. The normalized spacial score (nSPS) is 10.2. The van der Waals surface area contributed by atoms with Crippen LogP contribution in [0.15, 0.2) is 35.3 Å². The fraction of sp³-hybridized carbons (Fsp3) is 0.0909. The molecule has 15 heavy (non-hydrogen) atoms. The van der Waals surface area contributed by atoms with E-state index >= 15 is 0 Å². The number of aromatic amines is 1. The van der Waals surface area contributed by atoms with E-state index in [0.29, 0.717) is 10.9 Å². The number of carbonyl (C=O) groups is 1. The summed E-state index contributed by atoms with van der Waals surface area (Å²) in [5.74, 6) is -0.410. The van der Waals surface area contributed by atoms with Gasteiger partial charge in [0.25, 0.3) is 0 Å². The maximum Gasteiger partial charge on any atom is 0.338 e. The Bertz CT molecular complexity index is 571. The van der Waals surface area contributed by atoms with E-state index < -0.39 is 5.97 Å². The third-order valence-electron chi connectivity index (χ3n) is 2.19. The molecule has 0 aliphatic rings. The van der Waals surface area contributed by atoms with Gasteiger partial charge in [0.15, 0.2) is 0 Å². The van der Waals surface area contributed by atoms with E-state index in [1.54, 1.807) is 18.2 Å². The van der Waals surface area contributed by atoms with Crippen molar-refractivity contribution >= 4 is 16.7 Å². The van der Waals surface area contributed by atoms with Gasteiger partial charge in [0.05, 0.1) is 12.7 Å². The van der Waals surface area contributed by atoms with Gasteiger partial charge in [-0.15, -0.1) is 0 Å². The third-order valence-corrected chi connectivity index (χ3v) is 2.19. The van der Waals surface area contributed by atoms with Crippen molar-refractivity contribution in [3.8, 4) is 0 Å². The Hall–Kier alpha value is -2.10. The van der Waals surface area contributed by atoms with Crippen LogP contribution in [-0.2, 0) is 4.74 Å². The van der Waals surface area contributed by atoms with Gasteiger partial charge in [0.1, 0.15) is 0 Å². The fourth-order valence-corrected chi connectivity index (χ4v) is 1.48. The number of nitrogens with one attached hydrogen (secondary N) is 1. The van der Waals surface area contributed by atoms with Gasteiger partial charge in [0.2, 0.25) is 5.56 Å². The predicted octanol–water partition coefficient (Wildman–Crippen LogP) is 1.31.